The van der Waals surface area contributed by atoms with Crippen LogP contribution in [0, 0.1) is 17.5 Å². The second kappa shape index (κ2) is 3.83. The monoisotopic (exact) mass is 206 g/mol. The third kappa shape index (κ3) is 1.86. The van der Waals surface area contributed by atoms with Gasteiger partial charge in [0.15, 0.2) is 17.5 Å². The Labute approximate surface area is 78.6 Å². The Bertz CT molecular complexity index is 347. The molecule has 0 saturated heterocycles. The van der Waals surface area contributed by atoms with Crippen LogP contribution in [0.15, 0.2) is 18.7 Å². The van der Waals surface area contributed by atoms with E-state index in [1.165, 1.54) is 0 Å². The summed E-state index contributed by atoms with van der Waals surface area (Å²) in [6, 6.07) is 1.95. The van der Waals surface area contributed by atoms with Crippen molar-refractivity contribution < 1.29 is 13.2 Å². The Kier molecular flexibility index (Phi) is 2.98. The molecule has 70 valence electrons. The van der Waals surface area contributed by atoms with Crippen LogP contribution in [0.2, 0.25) is 0 Å². The zero-order valence-corrected chi connectivity index (χ0v) is 7.34. The topological polar surface area (TPSA) is 0 Å². The largest absolute Gasteiger partial charge is 0.204 e. The molecule has 0 aliphatic rings. The Hall–Kier alpha value is -0.960. The lowest BCUT2D eigenvalue weighted by Gasteiger charge is -2.04. The number of hydrogen-bond donors (Lipinski definition) is 0. The van der Waals surface area contributed by atoms with Crippen molar-refractivity contribution in [3.8, 4) is 0 Å². The second-order valence-corrected chi connectivity index (χ2v) is 2.73. The van der Waals surface area contributed by atoms with E-state index < -0.39 is 17.5 Å². The SMILES string of the molecule is C=C(CCl)c1ccc(F)c(F)c1F. The number of benzene rings is 1. The molecule has 0 radical (unpaired) electrons. The van der Waals surface area contributed by atoms with Crippen molar-refractivity contribution in [1.82, 2.24) is 0 Å². The highest BCUT2D eigenvalue weighted by Gasteiger charge is 2.14. The predicted octanol–water partition coefficient (Wildman–Crippen LogP) is 3.36. The molecule has 1 aromatic carbocycles. The molecular weight excluding hydrogens is 201 g/mol. The van der Waals surface area contributed by atoms with Crippen molar-refractivity contribution >= 4 is 17.2 Å². The van der Waals surface area contributed by atoms with Gasteiger partial charge in [0.1, 0.15) is 0 Å². The number of rotatable bonds is 2. The van der Waals surface area contributed by atoms with Gasteiger partial charge in [0.2, 0.25) is 0 Å². The number of allylic oxidation sites excluding steroid dienone is 1. The summed E-state index contributed by atoms with van der Waals surface area (Å²) in [4.78, 5) is 0. The molecule has 0 fully saturated rings. The first-order valence-electron chi connectivity index (χ1n) is 3.45. The van der Waals surface area contributed by atoms with Crippen LogP contribution in [0.5, 0.6) is 0 Å². The third-order valence-corrected chi connectivity index (χ3v) is 1.90. The van der Waals surface area contributed by atoms with Crippen LogP contribution >= 0.6 is 11.6 Å². The van der Waals surface area contributed by atoms with Crippen LogP contribution in [-0.2, 0) is 0 Å². The molecule has 4 heteroatoms. The highest BCUT2D eigenvalue weighted by Crippen LogP contribution is 2.21. The fourth-order valence-corrected chi connectivity index (χ4v) is 1.01. The molecule has 0 aliphatic heterocycles. The first-order chi connectivity index (χ1) is 6.07. The van der Waals surface area contributed by atoms with E-state index in [1.807, 2.05) is 0 Å². The van der Waals surface area contributed by atoms with Gasteiger partial charge in [-0.3, -0.25) is 0 Å². The van der Waals surface area contributed by atoms with Gasteiger partial charge in [-0.25, -0.2) is 13.2 Å². The van der Waals surface area contributed by atoms with Gasteiger partial charge in [-0.2, -0.15) is 0 Å². The lowest BCUT2D eigenvalue weighted by Crippen LogP contribution is -1.97. The lowest BCUT2D eigenvalue weighted by atomic mass is 10.1. The standard InChI is InChI=1S/C9H6ClF3/c1-5(4-10)6-2-3-7(11)9(13)8(6)12/h2-3H,1,4H2. The van der Waals surface area contributed by atoms with Crippen molar-refractivity contribution in [2.45, 2.75) is 0 Å². The van der Waals surface area contributed by atoms with Gasteiger partial charge in [-0.15, -0.1) is 11.6 Å². The van der Waals surface area contributed by atoms with Gasteiger partial charge in [-0.05, 0) is 17.7 Å². The first kappa shape index (κ1) is 10.1. The number of hydrogen-bond acceptors (Lipinski definition) is 0. The quantitative estimate of drug-likeness (QED) is 0.514. The fourth-order valence-electron chi connectivity index (χ4n) is 0.871. The minimum atomic E-state index is -1.50. The summed E-state index contributed by atoms with van der Waals surface area (Å²) in [5.41, 5.74) is 0.131. The molecule has 0 unspecified atom stereocenters. The molecule has 0 spiro atoms. The molecule has 0 saturated carbocycles. The minimum Gasteiger partial charge on any atom is -0.204 e. The van der Waals surface area contributed by atoms with Gasteiger partial charge < -0.3 is 0 Å². The molecule has 1 rings (SSSR count). The molecule has 0 aromatic heterocycles. The molecule has 0 aliphatic carbocycles. The van der Waals surface area contributed by atoms with Crippen LogP contribution < -0.4 is 0 Å². The van der Waals surface area contributed by atoms with E-state index in [1.54, 1.807) is 0 Å². The van der Waals surface area contributed by atoms with Crippen molar-refractivity contribution in [2.75, 3.05) is 5.88 Å². The van der Waals surface area contributed by atoms with Crippen molar-refractivity contribution in [2.24, 2.45) is 0 Å². The second-order valence-electron chi connectivity index (χ2n) is 2.46. The van der Waals surface area contributed by atoms with Crippen LogP contribution in [0.4, 0.5) is 13.2 Å². The van der Waals surface area contributed by atoms with Gasteiger partial charge in [-0.1, -0.05) is 6.58 Å². The summed E-state index contributed by atoms with van der Waals surface area (Å²) >= 11 is 5.37. The summed E-state index contributed by atoms with van der Waals surface area (Å²) < 4.78 is 38.1. The van der Waals surface area contributed by atoms with Gasteiger partial charge >= 0.3 is 0 Å². The lowest BCUT2D eigenvalue weighted by molar-refractivity contribution is 0.445. The molecule has 1 aromatic rings. The van der Waals surface area contributed by atoms with Crippen LogP contribution in [0.1, 0.15) is 5.56 Å². The Morgan fingerprint density at radius 3 is 2.38 bits per heavy atom. The van der Waals surface area contributed by atoms with Crippen LogP contribution in [0.25, 0.3) is 5.57 Å². The van der Waals surface area contributed by atoms with E-state index in [0.29, 0.717) is 0 Å². The van der Waals surface area contributed by atoms with E-state index in [9.17, 15) is 13.2 Å². The van der Waals surface area contributed by atoms with E-state index in [4.69, 9.17) is 11.6 Å². The van der Waals surface area contributed by atoms with Crippen LogP contribution in [0.3, 0.4) is 0 Å². The normalized spacial score (nSPS) is 10.2. The Morgan fingerprint density at radius 1 is 1.23 bits per heavy atom. The van der Waals surface area contributed by atoms with E-state index >= 15 is 0 Å². The Morgan fingerprint density at radius 2 is 1.85 bits per heavy atom. The van der Waals surface area contributed by atoms with E-state index in [0.717, 1.165) is 12.1 Å². The molecule has 0 bridgehead atoms. The average Bonchev–Trinajstić information content (AvgIpc) is 2.13. The van der Waals surface area contributed by atoms with Gasteiger partial charge in [0.25, 0.3) is 0 Å². The molecule has 0 nitrogen and oxygen atoms in total. The number of halogens is 4. The van der Waals surface area contributed by atoms with Crippen molar-refractivity contribution in [1.29, 1.82) is 0 Å². The minimum absolute atomic E-state index is 0.0258. The van der Waals surface area contributed by atoms with Gasteiger partial charge in [0, 0.05) is 11.4 Å². The molecule has 0 N–H and O–H groups in total. The molecule has 0 atom stereocenters. The molecule has 0 amide bonds. The predicted molar refractivity (Wildman–Crippen MR) is 46.1 cm³/mol. The van der Waals surface area contributed by atoms with Crippen molar-refractivity contribution in [3.63, 3.8) is 0 Å². The zero-order chi connectivity index (χ0) is 10.0. The third-order valence-electron chi connectivity index (χ3n) is 1.58. The maximum absolute atomic E-state index is 13.0. The first-order valence-corrected chi connectivity index (χ1v) is 3.99. The maximum atomic E-state index is 13.0. The summed E-state index contributed by atoms with van der Waals surface area (Å²) in [6.45, 7) is 3.41. The molecule has 0 heterocycles. The molecular formula is C9H6ClF3. The fraction of sp³-hybridized carbons (Fsp3) is 0.111. The summed E-state index contributed by atoms with van der Waals surface area (Å²) in [6.07, 6.45) is 0. The maximum Gasteiger partial charge on any atom is 0.195 e. The zero-order valence-electron chi connectivity index (χ0n) is 6.58. The smallest absolute Gasteiger partial charge is 0.195 e. The Balaban J connectivity index is 3.26. The number of alkyl halides is 1. The van der Waals surface area contributed by atoms with Crippen molar-refractivity contribution in [3.05, 3.63) is 41.7 Å². The summed E-state index contributed by atoms with van der Waals surface area (Å²) in [5, 5.41) is 0. The summed E-state index contributed by atoms with van der Waals surface area (Å²) in [7, 11) is 0. The highest BCUT2D eigenvalue weighted by atomic mass is 35.5. The average molecular weight is 207 g/mol. The van der Waals surface area contributed by atoms with E-state index in [2.05, 4.69) is 6.58 Å². The molecule has 13 heavy (non-hydrogen) atoms. The summed E-state index contributed by atoms with van der Waals surface area (Å²) in [5.74, 6) is -3.99. The highest BCUT2D eigenvalue weighted by molar-refractivity contribution is 6.23. The van der Waals surface area contributed by atoms with Crippen LogP contribution in [-0.4, -0.2) is 5.88 Å². The van der Waals surface area contributed by atoms with Gasteiger partial charge in [0.05, 0.1) is 0 Å². The van der Waals surface area contributed by atoms with E-state index in [-0.39, 0.29) is 17.0 Å².